The number of aliphatic carboxylic acids is 1. The first-order chi connectivity index (χ1) is 8.65. The molecule has 2 heterocycles. The van der Waals surface area contributed by atoms with Gasteiger partial charge in [0.05, 0.1) is 6.42 Å². The zero-order valence-corrected chi connectivity index (χ0v) is 12.0. The number of nitrogens with zero attached hydrogens (tertiary/aromatic N) is 3. The van der Waals surface area contributed by atoms with Crippen LogP contribution in [0.2, 0.25) is 0 Å². The number of hydrogen-bond donors (Lipinski definition) is 1. The van der Waals surface area contributed by atoms with Crippen LogP contribution in [0.25, 0.3) is 0 Å². The largest absolute Gasteiger partial charge is 0.481 e. The van der Waals surface area contributed by atoms with E-state index in [0.717, 1.165) is 35.4 Å². The number of carboxylic acids is 1. The molecule has 0 aromatic carbocycles. The zero-order valence-electron chi connectivity index (χ0n) is 9.84. The average Bonchev–Trinajstić information content (AvgIpc) is 2.38. The van der Waals surface area contributed by atoms with Crippen LogP contribution in [-0.4, -0.2) is 34.1 Å². The molecule has 1 N–H and O–H groups in total. The highest BCUT2D eigenvalue weighted by molar-refractivity contribution is 14.1. The van der Waals surface area contributed by atoms with Gasteiger partial charge in [-0.1, -0.05) is 11.6 Å². The number of piperidine rings is 1. The topological polar surface area (TPSA) is 66.3 Å². The van der Waals surface area contributed by atoms with Gasteiger partial charge in [0.1, 0.15) is 0 Å². The fourth-order valence-corrected chi connectivity index (χ4v) is 2.18. The van der Waals surface area contributed by atoms with E-state index in [0.29, 0.717) is 0 Å². The van der Waals surface area contributed by atoms with Crippen molar-refractivity contribution in [1.82, 2.24) is 9.97 Å². The summed E-state index contributed by atoms with van der Waals surface area (Å²) in [5.41, 5.74) is 1.22. The maximum Gasteiger partial charge on any atom is 0.307 e. The van der Waals surface area contributed by atoms with Crippen molar-refractivity contribution < 1.29 is 9.90 Å². The Bertz CT molecular complexity index is 449. The molecule has 0 atom stereocenters. The van der Waals surface area contributed by atoms with Crippen molar-refractivity contribution in [3.05, 3.63) is 27.6 Å². The molecule has 1 aliphatic heterocycles. The summed E-state index contributed by atoms with van der Waals surface area (Å²) in [5, 5.41) is 8.62. The molecule has 0 bridgehead atoms. The van der Waals surface area contributed by atoms with Gasteiger partial charge in [0.25, 0.3) is 0 Å². The van der Waals surface area contributed by atoms with E-state index in [1.807, 2.05) is 6.08 Å². The predicted molar refractivity (Wildman–Crippen MR) is 76.5 cm³/mol. The van der Waals surface area contributed by atoms with E-state index in [2.05, 4.69) is 37.5 Å². The van der Waals surface area contributed by atoms with Crippen LogP contribution in [0, 0.1) is 3.57 Å². The Balaban J connectivity index is 1.92. The summed E-state index contributed by atoms with van der Waals surface area (Å²) in [6.07, 6.45) is 7.34. The summed E-state index contributed by atoms with van der Waals surface area (Å²) >= 11 is 2.18. The molecule has 1 aromatic rings. The molecular formula is C12H14IN3O2. The monoisotopic (exact) mass is 359 g/mol. The van der Waals surface area contributed by atoms with Gasteiger partial charge >= 0.3 is 5.97 Å². The van der Waals surface area contributed by atoms with Gasteiger partial charge in [0.15, 0.2) is 0 Å². The van der Waals surface area contributed by atoms with Crippen molar-refractivity contribution in [2.45, 2.75) is 19.3 Å². The van der Waals surface area contributed by atoms with Crippen LogP contribution in [0.15, 0.2) is 24.0 Å². The summed E-state index contributed by atoms with van der Waals surface area (Å²) in [7, 11) is 0. The fourth-order valence-electron chi connectivity index (χ4n) is 1.90. The lowest BCUT2D eigenvalue weighted by molar-refractivity contribution is -0.136. The van der Waals surface area contributed by atoms with Crippen molar-refractivity contribution >= 4 is 34.5 Å². The first-order valence-electron chi connectivity index (χ1n) is 5.77. The minimum Gasteiger partial charge on any atom is -0.481 e. The number of carbonyl (C=O) groups is 1. The molecule has 1 fully saturated rings. The highest BCUT2D eigenvalue weighted by atomic mass is 127. The smallest absolute Gasteiger partial charge is 0.307 e. The zero-order chi connectivity index (χ0) is 13.0. The number of halogens is 1. The van der Waals surface area contributed by atoms with Crippen LogP contribution in [0.3, 0.4) is 0 Å². The Morgan fingerprint density at radius 3 is 2.56 bits per heavy atom. The molecule has 0 amide bonds. The van der Waals surface area contributed by atoms with Gasteiger partial charge in [-0.25, -0.2) is 9.97 Å². The molecular weight excluding hydrogens is 345 g/mol. The molecule has 18 heavy (non-hydrogen) atoms. The Hall–Kier alpha value is -1.18. The summed E-state index contributed by atoms with van der Waals surface area (Å²) in [5.74, 6) is -0.0152. The highest BCUT2D eigenvalue weighted by Crippen LogP contribution is 2.20. The van der Waals surface area contributed by atoms with Crippen molar-refractivity contribution in [2.75, 3.05) is 18.0 Å². The molecule has 6 heteroatoms. The number of rotatable bonds is 3. The Labute approximate surface area is 119 Å². The van der Waals surface area contributed by atoms with Gasteiger partial charge < -0.3 is 10.0 Å². The third kappa shape index (κ3) is 3.66. The van der Waals surface area contributed by atoms with Crippen molar-refractivity contribution in [3.8, 4) is 0 Å². The fraction of sp³-hybridized carbons (Fsp3) is 0.417. The number of carboxylic acid groups (broad SMARTS) is 1. The van der Waals surface area contributed by atoms with E-state index >= 15 is 0 Å². The lowest BCUT2D eigenvalue weighted by Crippen LogP contribution is -2.32. The van der Waals surface area contributed by atoms with Gasteiger partial charge in [-0.05, 0) is 35.4 Å². The minimum absolute atomic E-state index is 0.120. The first-order valence-corrected chi connectivity index (χ1v) is 6.85. The quantitative estimate of drug-likeness (QED) is 0.661. The summed E-state index contributed by atoms with van der Waals surface area (Å²) in [6.45, 7) is 1.71. The van der Waals surface area contributed by atoms with Gasteiger partial charge in [-0.3, -0.25) is 4.79 Å². The number of hydrogen-bond acceptors (Lipinski definition) is 4. The molecule has 5 nitrogen and oxygen atoms in total. The predicted octanol–water partition coefficient (Wildman–Crippen LogP) is 2.08. The Morgan fingerprint density at radius 1 is 1.39 bits per heavy atom. The van der Waals surface area contributed by atoms with Gasteiger partial charge in [-0.2, -0.15) is 0 Å². The van der Waals surface area contributed by atoms with E-state index in [-0.39, 0.29) is 6.42 Å². The molecule has 0 aliphatic carbocycles. The summed E-state index contributed by atoms with van der Waals surface area (Å²) < 4.78 is 1.02. The van der Waals surface area contributed by atoms with E-state index in [9.17, 15) is 4.79 Å². The van der Waals surface area contributed by atoms with Crippen molar-refractivity contribution in [1.29, 1.82) is 0 Å². The molecule has 0 unspecified atom stereocenters. The SMILES string of the molecule is O=C(O)CC=C1CCN(c2ncc(I)cn2)CC1. The van der Waals surface area contributed by atoms with Crippen LogP contribution in [-0.2, 0) is 4.79 Å². The molecule has 96 valence electrons. The number of anilines is 1. The molecule has 1 aromatic heterocycles. The maximum absolute atomic E-state index is 10.5. The van der Waals surface area contributed by atoms with E-state index in [1.165, 1.54) is 5.57 Å². The Kier molecular flexibility index (Phi) is 4.51. The third-order valence-electron chi connectivity index (χ3n) is 2.86. The third-order valence-corrected chi connectivity index (χ3v) is 3.42. The first kappa shape index (κ1) is 13.3. The van der Waals surface area contributed by atoms with E-state index in [1.54, 1.807) is 12.4 Å². The highest BCUT2D eigenvalue weighted by Gasteiger charge is 2.16. The summed E-state index contributed by atoms with van der Waals surface area (Å²) in [6, 6.07) is 0. The second kappa shape index (κ2) is 6.12. The lowest BCUT2D eigenvalue weighted by Gasteiger charge is -2.28. The average molecular weight is 359 g/mol. The molecule has 0 radical (unpaired) electrons. The molecule has 1 aliphatic rings. The number of aromatic nitrogens is 2. The molecule has 2 rings (SSSR count). The lowest BCUT2D eigenvalue weighted by atomic mass is 10.0. The van der Waals surface area contributed by atoms with E-state index < -0.39 is 5.97 Å². The van der Waals surface area contributed by atoms with Crippen LogP contribution in [0.4, 0.5) is 5.95 Å². The van der Waals surface area contributed by atoms with Crippen molar-refractivity contribution in [3.63, 3.8) is 0 Å². The summed E-state index contributed by atoms with van der Waals surface area (Å²) in [4.78, 5) is 21.2. The van der Waals surface area contributed by atoms with Gasteiger partial charge in [0.2, 0.25) is 5.95 Å². The van der Waals surface area contributed by atoms with Crippen LogP contribution >= 0.6 is 22.6 Å². The van der Waals surface area contributed by atoms with Crippen LogP contribution < -0.4 is 4.90 Å². The van der Waals surface area contributed by atoms with Crippen LogP contribution in [0.5, 0.6) is 0 Å². The normalized spacial score (nSPS) is 15.6. The minimum atomic E-state index is -0.772. The van der Waals surface area contributed by atoms with E-state index in [4.69, 9.17) is 5.11 Å². The second-order valence-electron chi connectivity index (χ2n) is 4.15. The van der Waals surface area contributed by atoms with Crippen LogP contribution in [0.1, 0.15) is 19.3 Å². The van der Waals surface area contributed by atoms with Gasteiger partial charge in [0, 0.05) is 29.1 Å². The van der Waals surface area contributed by atoms with Crippen molar-refractivity contribution in [2.24, 2.45) is 0 Å². The maximum atomic E-state index is 10.5. The standard InChI is InChI=1S/C12H14IN3O2/c13-10-7-14-12(15-8-10)16-5-3-9(4-6-16)1-2-11(17)18/h1,7-8H,2-6H2,(H,17,18). The second-order valence-corrected chi connectivity index (χ2v) is 5.39. The molecule has 1 saturated heterocycles. The Morgan fingerprint density at radius 2 is 2.00 bits per heavy atom. The van der Waals surface area contributed by atoms with Gasteiger partial charge in [-0.15, -0.1) is 0 Å². The molecule has 0 spiro atoms. The molecule has 0 saturated carbocycles.